The predicted molar refractivity (Wildman–Crippen MR) is 89.3 cm³/mol. The number of hydrogen-bond donors (Lipinski definition) is 0. The first kappa shape index (κ1) is 18.4. The van der Waals surface area contributed by atoms with Gasteiger partial charge in [0.25, 0.3) is 5.91 Å². The summed E-state index contributed by atoms with van der Waals surface area (Å²) < 4.78 is 29.6. The Kier molecular flexibility index (Phi) is 6.47. The van der Waals surface area contributed by atoms with Crippen molar-refractivity contribution in [2.75, 3.05) is 6.54 Å². The van der Waals surface area contributed by atoms with Crippen molar-refractivity contribution in [3.63, 3.8) is 0 Å². The van der Waals surface area contributed by atoms with Gasteiger partial charge in [0, 0.05) is 13.1 Å². The molecule has 4 nitrogen and oxygen atoms in total. The number of nitrogens with zero attached hydrogens (tertiary/aromatic N) is 2. The highest BCUT2D eigenvalue weighted by Gasteiger charge is 2.20. The lowest BCUT2D eigenvalue weighted by atomic mass is 10.1. The van der Waals surface area contributed by atoms with E-state index in [1.54, 1.807) is 41.3 Å². The van der Waals surface area contributed by atoms with Gasteiger partial charge >= 0.3 is 6.61 Å². The Morgan fingerprint density at radius 1 is 1.20 bits per heavy atom. The van der Waals surface area contributed by atoms with Gasteiger partial charge in [0.05, 0.1) is 17.2 Å². The van der Waals surface area contributed by atoms with Gasteiger partial charge in [0.2, 0.25) is 0 Å². The van der Waals surface area contributed by atoms with Crippen LogP contribution in [0.2, 0.25) is 0 Å². The van der Waals surface area contributed by atoms with Gasteiger partial charge in [-0.2, -0.15) is 14.0 Å². The minimum atomic E-state index is -2.99. The largest absolute Gasteiger partial charge is 0.434 e. The van der Waals surface area contributed by atoms with Gasteiger partial charge in [-0.25, -0.2) is 0 Å². The summed E-state index contributed by atoms with van der Waals surface area (Å²) >= 11 is 0. The third-order valence-corrected chi connectivity index (χ3v) is 3.57. The van der Waals surface area contributed by atoms with E-state index < -0.39 is 6.61 Å². The van der Waals surface area contributed by atoms with Crippen LogP contribution in [0.3, 0.4) is 0 Å². The van der Waals surface area contributed by atoms with Crippen LogP contribution in [0.25, 0.3) is 0 Å². The van der Waals surface area contributed by atoms with Gasteiger partial charge < -0.3 is 9.64 Å². The summed E-state index contributed by atoms with van der Waals surface area (Å²) in [6.07, 6.45) is 0.722. The van der Waals surface area contributed by atoms with E-state index in [4.69, 9.17) is 5.26 Å². The molecule has 130 valence electrons. The first-order chi connectivity index (χ1) is 12.0. The Labute approximate surface area is 145 Å². The summed E-state index contributed by atoms with van der Waals surface area (Å²) in [5.41, 5.74) is 1.49. The van der Waals surface area contributed by atoms with Crippen LogP contribution in [0.15, 0.2) is 48.5 Å². The molecule has 25 heavy (non-hydrogen) atoms. The minimum Gasteiger partial charge on any atom is -0.434 e. The van der Waals surface area contributed by atoms with Crippen LogP contribution in [-0.2, 0) is 6.54 Å². The summed E-state index contributed by atoms with van der Waals surface area (Å²) in [7, 11) is 0. The number of hydrogen-bond acceptors (Lipinski definition) is 3. The molecule has 0 spiro atoms. The summed E-state index contributed by atoms with van der Waals surface area (Å²) in [4.78, 5) is 14.4. The van der Waals surface area contributed by atoms with E-state index >= 15 is 0 Å². The highest BCUT2D eigenvalue weighted by molar-refractivity contribution is 5.96. The third kappa shape index (κ3) is 5.01. The Balaban J connectivity index is 2.24. The fourth-order valence-corrected chi connectivity index (χ4v) is 2.44. The monoisotopic (exact) mass is 344 g/mol. The molecule has 0 saturated heterocycles. The number of halogens is 2. The molecule has 0 aliphatic carbocycles. The molecule has 0 atom stereocenters. The number of nitriles is 1. The van der Waals surface area contributed by atoms with Crippen LogP contribution in [0.1, 0.15) is 34.8 Å². The number of amides is 1. The van der Waals surface area contributed by atoms with Crippen LogP contribution in [0.5, 0.6) is 5.75 Å². The Hall–Kier alpha value is -2.94. The maximum Gasteiger partial charge on any atom is 0.387 e. The number of para-hydroxylation sites is 1. The highest BCUT2D eigenvalue weighted by atomic mass is 19.3. The van der Waals surface area contributed by atoms with Gasteiger partial charge in [-0.15, -0.1) is 0 Å². The summed E-state index contributed by atoms with van der Waals surface area (Å²) in [6.45, 7) is -0.267. The lowest BCUT2D eigenvalue weighted by Gasteiger charge is -2.23. The maximum absolute atomic E-state index is 12.8. The van der Waals surface area contributed by atoms with Crippen molar-refractivity contribution in [1.29, 1.82) is 5.26 Å². The van der Waals surface area contributed by atoms with Crippen molar-refractivity contribution in [3.8, 4) is 11.8 Å². The summed E-state index contributed by atoms with van der Waals surface area (Å²) in [5.74, 6) is -0.508. The van der Waals surface area contributed by atoms with Crippen molar-refractivity contribution >= 4 is 5.91 Å². The van der Waals surface area contributed by atoms with Crippen molar-refractivity contribution in [1.82, 2.24) is 4.90 Å². The number of benzene rings is 2. The second kappa shape index (κ2) is 8.78. The molecule has 0 N–H and O–H groups in total. The molecule has 0 heterocycles. The molecule has 0 aliphatic heterocycles. The van der Waals surface area contributed by atoms with Crippen molar-refractivity contribution < 1.29 is 18.3 Å². The quantitative estimate of drug-likeness (QED) is 0.756. The molecule has 0 radical (unpaired) electrons. The van der Waals surface area contributed by atoms with E-state index in [0.29, 0.717) is 18.7 Å². The topological polar surface area (TPSA) is 53.3 Å². The third-order valence-electron chi connectivity index (χ3n) is 3.57. The fourth-order valence-electron chi connectivity index (χ4n) is 2.44. The molecule has 2 aromatic rings. The first-order valence-electron chi connectivity index (χ1n) is 7.87. The molecular formula is C19H18F2N2O2. The zero-order chi connectivity index (χ0) is 18.2. The number of carbonyl (C=O) groups is 1. The van der Waals surface area contributed by atoms with E-state index in [9.17, 15) is 13.6 Å². The molecule has 0 aliphatic rings. The standard InChI is InChI=1S/C19H18F2N2O2/c1-2-11-23(13-15-9-7-14(12-22)8-10-15)18(24)16-5-3-4-6-17(16)25-19(20)21/h3-10,19H,2,11,13H2,1H3. The molecule has 0 aromatic heterocycles. The number of rotatable bonds is 7. The van der Waals surface area contributed by atoms with E-state index in [1.807, 2.05) is 13.0 Å². The van der Waals surface area contributed by atoms with Crippen LogP contribution in [-0.4, -0.2) is 24.0 Å². The predicted octanol–water partition coefficient (Wildman–Crippen LogP) is 4.21. The van der Waals surface area contributed by atoms with Gasteiger partial charge in [0.15, 0.2) is 0 Å². The average molecular weight is 344 g/mol. The molecule has 0 saturated carbocycles. The van der Waals surface area contributed by atoms with Crippen LogP contribution < -0.4 is 4.74 Å². The van der Waals surface area contributed by atoms with Gasteiger partial charge in [-0.3, -0.25) is 4.79 Å². The Bertz CT molecular complexity index is 755. The smallest absolute Gasteiger partial charge is 0.387 e. The van der Waals surface area contributed by atoms with Crippen molar-refractivity contribution in [2.24, 2.45) is 0 Å². The minimum absolute atomic E-state index is 0.102. The van der Waals surface area contributed by atoms with E-state index in [2.05, 4.69) is 4.74 Å². The molecule has 0 unspecified atom stereocenters. The van der Waals surface area contributed by atoms with Crippen molar-refractivity contribution in [3.05, 3.63) is 65.2 Å². The summed E-state index contributed by atoms with van der Waals surface area (Å²) in [5, 5.41) is 8.84. The van der Waals surface area contributed by atoms with Crippen LogP contribution >= 0.6 is 0 Å². The number of alkyl halides is 2. The van der Waals surface area contributed by atoms with E-state index in [-0.39, 0.29) is 17.2 Å². The lowest BCUT2D eigenvalue weighted by Crippen LogP contribution is -2.31. The number of carbonyl (C=O) groups excluding carboxylic acids is 1. The van der Waals surface area contributed by atoms with E-state index in [1.165, 1.54) is 12.1 Å². The lowest BCUT2D eigenvalue weighted by molar-refractivity contribution is -0.0502. The van der Waals surface area contributed by atoms with Crippen molar-refractivity contribution in [2.45, 2.75) is 26.5 Å². The van der Waals surface area contributed by atoms with Crippen LogP contribution in [0, 0.1) is 11.3 Å². The Morgan fingerprint density at radius 2 is 1.88 bits per heavy atom. The highest BCUT2D eigenvalue weighted by Crippen LogP contribution is 2.23. The Morgan fingerprint density at radius 3 is 2.48 bits per heavy atom. The zero-order valence-electron chi connectivity index (χ0n) is 13.8. The molecule has 2 aromatic carbocycles. The van der Waals surface area contributed by atoms with Gasteiger partial charge in [-0.05, 0) is 36.2 Å². The number of ether oxygens (including phenoxy) is 1. The van der Waals surface area contributed by atoms with Gasteiger partial charge in [0.1, 0.15) is 5.75 Å². The molecule has 0 bridgehead atoms. The second-order valence-corrected chi connectivity index (χ2v) is 5.41. The molecule has 0 fully saturated rings. The fraction of sp³-hybridized carbons (Fsp3) is 0.263. The van der Waals surface area contributed by atoms with Gasteiger partial charge in [-0.1, -0.05) is 31.2 Å². The first-order valence-corrected chi connectivity index (χ1v) is 7.87. The molecule has 6 heteroatoms. The van der Waals surface area contributed by atoms with E-state index in [0.717, 1.165) is 12.0 Å². The second-order valence-electron chi connectivity index (χ2n) is 5.41. The zero-order valence-corrected chi connectivity index (χ0v) is 13.8. The SMILES string of the molecule is CCCN(Cc1ccc(C#N)cc1)C(=O)c1ccccc1OC(F)F. The normalized spacial score (nSPS) is 10.4. The molecule has 2 rings (SSSR count). The maximum atomic E-state index is 12.8. The molecular weight excluding hydrogens is 326 g/mol. The molecule has 1 amide bonds. The summed E-state index contributed by atoms with van der Waals surface area (Å²) in [6, 6.07) is 14.9. The van der Waals surface area contributed by atoms with Crippen LogP contribution in [0.4, 0.5) is 8.78 Å². The average Bonchev–Trinajstić information content (AvgIpc) is 2.61.